The molecule has 6 rings (SSSR count). The molecule has 0 saturated carbocycles. The summed E-state index contributed by atoms with van der Waals surface area (Å²) in [7, 11) is 0. The van der Waals surface area contributed by atoms with E-state index in [2.05, 4.69) is 24.8 Å². The molecule has 0 spiro atoms. The van der Waals surface area contributed by atoms with Crippen LogP contribution in [0.25, 0.3) is 22.2 Å². The fraction of sp³-hybridized carbons (Fsp3) is 0.250. The molecule has 0 bridgehead atoms. The Morgan fingerprint density at radius 3 is 2.27 bits per heavy atom. The van der Waals surface area contributed by atoms with Crippen molar-refractivity contribution in [1.82, 2.24) is 24.4 Å². The average molecular weight is 533 g/mol. The van der Waals surface area contributed by atoms with E-state index < -0.39 is 0 Å². The van der Waals surface area contributed by atoms with Gasteiger partial charge in [-0.2, -0.15) is 4.98 Å². The van der Waals surface area contributed by atoms with Gasteiger partial charge in [0.15, 0.2) is 0 Å². The van der Waals surface area contributed by atoms with E-state index in [1.165, 1.54) is 0 Å². The van der Waals surface area contributed by atoms with Crippen LogP contribution < -0.4 is 15.3 Å². The second kappa shape index (κ2) is 12.1. The van der Waals surface area contributed by atoms with E-state index in [-0.39, 0.29) is 5.69 Å². The van der Waals surface area contributed by atoms with Crippen LogP contribution in [-0.4, -0.2) is 63.7 Å². The number of aromatic nitrogens is 4. The van der Waals surface area contributed by atoms with Crippen LogP contribution in [-0.2, 0) is 6.54 Å². The quantitative estimate of drug-likeness (QED) is 0.259. The highest BCUT2D eigenvalue weighted by molar-refractivity contribution is 5.93. The van der Waals surface area contributed by atoms with Gasteiger partial charge in [-0.3, -0.25) is 9.47 Å². The number of benzene rings is 3. The maximum absolute atomic E-state index is 13.2. The molecule has 2 aromatic heterocycles. The molecule has 0 atom stereocenters. The highest BCUT2D eigenvalue weighted by Gasteiger charge is 2.18. The number of anilines is 1. The SMILES string of the molecule is O=c1nc(-c2ccccc2)c2cc(OCCCN3CCN(c4ncccn4)CC3)ccc2n1Cc1ccccc1. The van der Waals surface area contributed by atoms with E-state index in [1.54, 1.807) is 17.0 Å². The standard InChI is InChI=1S/C32H32N6O2/c39-32-35-30(26-11-5-2-6-12-26)28-23-27(13-14-29(28)38(32)24-25-9-3-1-4-10-25)40-22-8-17-36-18-20-37(21-19-36)31-33-15-7-16-34-31/h1-7,9-16,23H,8,17-22,24H2. The van der Waals surface area contributed by atoms with Crippen molar-refractivity contribution in [2.24, 2.45) is 0 Å². The lowest BCUT2D eigenvalue weighted by atomic mass is 10.1. The first kappa shape index (κ1) is 25.7. The van der Waals surface area contributed by atoms with Crippen LogP contribution >= 0.6 is 0 Å². The lowest BCUT2D eigenvalue weighted by Gasteiger charge is -2.34. The number of hydrogen-bond donors (Lipinski definition) is 0. The smallest absolute Gasteiger partial charge is 0.348 e. The van der Waals surface area contributed by atoms with Gasteiger partial charge in [-0.1, -0.05) is 60.7 Å². The summed E-state index contributed by atoms with van der Waals surface area (Å²) in [6.45, 7) is 5.88. The van der Waals surface area contributed by atoms with Crippen molar-refractivity contribution in [1.29, 1.82) is 0 Å². The Hall–Kier alpha value is -4.56. The molecular formula is C32H32N6O2. The molecule has 5 aromatic rings. The van der Waals surface area contributed by atoms with E-state index in [0.29, 0.717) is 18.8 Å². The van der Waals surface area contributed by atoms with Gasteiger partial charge in [-0.25, -0.2) is 14.8 Å². The first-order valence-electron chi connectivity index (χ1n) is 13.8. The van der Waals surface area contributed by atoms with Crippen molar-refractivity contribution in [2.75, 3.05) is 44.2 Å². The van der Waals surface area contributed by atoms with Gasteiger partial charge in [-0.05, 0) is 36.2 Å². The maximum Gasteiger partial charge on any atom is 0.348 e. The third kappa shape index (κ3) is 5.87. The van der Waals surface area contributed by atoms with Gasteiger partial charge < -0.3 is 9.64 Å². The number of hydrogen-bond acceptors (Lipinski definition) is 7. The second-order valence-corrected chi connectivity index (χ2v) is 9.94. The third-order valence-corrected chi connectivity index (χ3v) is 7.28. The number of nitrogens with zero attached hydrogens (tertiary/aromatic N) is 6. The van der Waals surface area contributed by atoms with Gasteiger partial charge >= 0.3 is 5.69 Å². The van der Waals surface area contributed by atoms with Gasteiger partial charge in [0.05, 0.1) is 24.4 Å². The Balaban J connectivity index is 1.15. The Bertz CT molecular complexity index is 1600. The zero-order valence-corrected chi connectivity index (χ0v) is 22.4. The highest BCUT2D eigenvalue weighted by Crippen LogP contribution is 2.29. The molecule has 1 saturated heterocycles. The van der Waals surface area contributed by atoms with Crippen molar-refractivity contribution in [2.45, 2.75) is 13.0 Å². The van der Waals surface area contributed by atoms with Crippen molar-refractivity contribution >= 4 is 16.9 Å². The van der Waals surface area contributed by atoms with Gasteiger partial charge in [0.2, 0.25) is 5.95 Å². The lowest BCUT2D eigenvalue weighted by molar-refractivity contribution is 0.224. The molecule has 0 aliphatic carbocycles. The minimum absolute atomic E-state index is 0.261. The lowest BCUT2D eigenvalue weighted by Crippen LogP contribution is -2.47. The number of piperazine rings is 1. The molecule has 3 aromatic carbocycles. The summed E-state index contributed by atoms with van der Waals surface area (Å²) in [5, 5.41) is 0.901. The van der Waals surface area contributed by atoms with Crippen LogP contribution in [0.4, 0.5) is 5.95 Å². The molecule has 3 heterocycles. The van der Waals surface area contributed by atoms with Crippen molar-refractivity contribution in [3.8, 4) is 17.0 Å². The van der Waals surface area contributed by atoms with E-state index in [1.807, 2.05) is 84.9 Å². The van der Waals surface area contributed by atoms with Crippen molar-refractivity contribution < 1.29 is 4.74 Å². The summed E-state index contributed by atoms with van der Waals surface area (Å²) in [6, 6.07) is 27.7. The molecule has 0 amide bonds. The average Bonchev–Trinajstić information content (AvgIpc) is 3.02. The molecule has 1 aliphatic heterocycles. The van der Waals surface area contributed by atoms with Crippen LogP contribution in [0.2, 0.25) is 0 Å². The number of fused-ring (bicyclic) bond motifs is 1. The zero-order chi connectivity index (χ0) is 27.1. The molecule has 40 heavy (non-hydrogen) atoms. The molecular weight excluding hydrogens is 500 g/mol. The Morgan fingerprint density at radius 1 is 0.800 bits per heavy atom. The van der Waals surface area contributed by atoms with Crippen LogP contribution in [0, 0.1) is 0 Å². The molecule has 0 radical (unpaired) electrons. The van der Waals surface area contributed by atoms with Gasteiger partial charge in [0.25, 0.3) is 0 Å². The van der Waals surface area contributed by atoms with Crippen LogP contribution in [0.1, 0.15) is 12.0 Å². The molecule has 0 N–H and O–H groups in total. The summed E-state index contributed by atoms with van der Waals surface area (Å²) in [6.07, 6.45) is 4.51. The topological polar surface area (TPSA) is 76.4 Å². The zero-order valence-electron chi connectivity index (χ0n) is 22.4. The fourth-order valence-corrected chi connectivity index (χ4v) is 5.19. The first-order valence-corrected chi connectivity index (χ1v) is 13.8. The van der Waals surface area contributed by atoms with Gasteiger partial charge in [0, 0.05) is 56.1 Å². The molecule has 0 unspecified atom stereocenters. The Labute approximate surface area is 233 Å². The normalized spacial score (nSPS) is 13.9. The Kier molecular flexibility index (Phi) is 7.77. The fourth-order valence-electron chi connectivity index (χ4n) is 5.19. The Morgan fingerprint density at radius 2 is 1.52 bits per heavy atom. The first-order chi connectivity index (χ1) is 19.7. The van der Waals surface area contributed by atoms with E-state index in [9.17, 15) is 4.79 Å². The molecule has 1 fully saturated rings. The van der Waals surface area contributed by atoms with E-state index >= 15 is 0 Å². The van der Waals surface area contributed by atoms with Crippen LogP contribution in [0.3, 0.4) is 0 Å². The largest absolute Gasteiger partial charge is 0.494 e. The maximum atomic E-state index is 13.2. The summed E-state index contributed by atoms with van der Waals surface area (Å²) >= 11 is 0. The minimum Gasteiger partial charge on any atom is -0.494 e. The minimum atomic E-state index is -0.261. The number of rotatable bonds is 9. The monoisotopic (exact) mass is 532 g/mol. The summed E-state index contributed by atoms with van der Waals surface area (Å²) in [5.74, 6) is 1.59. The highest BCUT2D eigenvalue weighted by atomic mass is 16.5. The van der Waals surface area contributed by atoms with Gasteiger partial charge in [-0.15, -0.1) is 0 Å². The van der Waals surface area contributed by atoms with Crippen molar-refractivity contribution in [3.63, 3.8) is 0 Å². The summed E-state index contributed by atoms with van der Waals surface area (Å²) in [4.78, 5) is 31.1. The van der Waals surface area contributed by atoms with Gasteiger partial charge in [0.1, 0.15) is 5.75 Å². The van der Waals surface area contributed by atoms with Crippen LogP contribution in [0.5, 0.6) is 5.75 Å². The van der Waals surface area contributed by atoms with E-state index in [0.717, 1.165) is 72.9 Å². The summed E-state index contributed by atoms with van der Waals surface area (Å²) < 4.78 is 7.94. The molecule has 202 valence electrons. The predicted octanol–water partition coefficient (Wildman–Crippen LogP) is 4.49. The molecule has 8 heteroatoms. The predicted molar refractivity (Wildman–Crippen MR) is 158 cm³/mol. The number of ether oxygens (including phenoxy) is 1. The summed E-state index contributed by atoms with van der Waals surface area (Å²) in [5.41, 5.74) is 3.22. The molecule has 1 aliphatic rings. The molecule has 8 nitrogen and oxygen atoms in total. The van der Waals surface area contributed by atoms with E-state index in [4.69, 9.17) is 4.74 Å². The second-order valence-electron chi connectivity index (χ2n) is 9.94. The van der Waals surface area contributed by atoms with Crippen LogP contribution in [0.15, 0.2) is 102 Å². The third-order valence-electron chi connectivity index (χ3n) is 7.28. The van der Waals surface area contributed by atoms with Crippen molar-refractivity contribution in [3.05, 3.63) is 113 Å².